The standard InChI is InChI=1S/C45H25F2N7/c46-33-23-32(24-34(47)25-33)45-53-43(30-9-5-26(6-10-30)35-17-21-50-41-37(35)15-13-28-3-1-19-48-39(28)41)52-44(54-45)31-11-7-27(8-12-31)36-18-22-51-42-38(36)16-14-29-4-2-20-49-40(29)42/h1-25H. The van der Waals surface area contributed by atoms with Gasteiger partial charge >= 0.3 is 0 Å². The van der Waals surface area contributed by atoms with Crippen LogP contribution in [0.2, 0.25) is 0 Å². The highest BCUT2D eigenvalue weighted by atomic mass is 19.1. The molecule has 0 spiro atoms. The fourth-order valence-electron chi connectivity index (χ4n) is 7.06. The lowest BCUT2D eigenvalue weighted by molar-refractivity contribution is 0.584. The van der Waals surface area contributed by atoms with E-state index in [1.807, 2.05) is 84.9 Å². The Morgan fingerprint density at radius 1 is 0.333 bits per heavy atom. The van der Waals surface area contributed by atoms with Gasteiger partial charge in [-0.2, -0.15) is 0 Å². The first kappa shape index (κ1) is 31.4. The van der Waals surface area contributed by atoms with E-state index >= 15 is 0 Å². The Morgan fingerprint density at radius 3 is 1.20 bits per heavy atom. The highest BCUT2D eigenvalue weighted by Gasteiger charge is 2.16. The summed E-state index contributed by atoms with van der Waals surface area (Å²) in [5.74, 6) is -0.556. The molecule has 5 aromatic heterocycles. The molecule has 10 aromatic rings. The molecule has 0 saturated heterocycles. The first-order valence-corrected chi connectivity index (χ1v) is 17.2. The highest BCUT2D eigenvalue weighted by molar-refractivity contribution is 6.09. The average Bonchev–Trinajstić information content (AvgIpc) is 3.22. The third-order valence-corrected chi connectivity index (χ3v) is 9.63. The Kier molecular flexibility index (Phi) is 7.36. The van der Waals surface area contributed by atoms with Gasteiger partial charge in [0.05, 0.1) is 22.1 Å². The molecule has 0 bridgehead atoms. The van der Waals surface area contributed by atoms with E-state index in [1.54, 1.807) is 24.8 Å². The first-order chi connectivity index (χ1) is 26.6. The van der Waals surface area contributed by atoms with Crippen molar-refractivity contribution >= 4 is 43.6 Å². The van der Waals surface area contributed by atoms with Crippen molar-refractivity contribution in [2.45, 2.75) is 0 Å². The van der Waals surface area contributed by atoms with E-state index in [-0.39, 0.29) is 11.4 Å². The normalized spacial score (nSPS) is 11.5. The summed E-state index contributed by atoms with van der Waals surface area (Å²) in [5.41, 5.74) is 8.97. The lowest BCUT2D eigenvalue weighted by atomic mass is 9.98. The van der Waals surface area contributed by atoms with Crippen LogP contribution in [0.5, 0.6) is 0 Å². The van der Waals surface area contributed by atoms with Crippen LogP contribution in [0.15, 0.2) is 152 Å². The maximum atomic E-state index is 14.4. The molecule has 0 unspecified atom stereocenters. The average molecular weight is 702 g/mol. The second-order valence-electron chi connectivity index (χ2n) is 12.9. The van der Waals surface area contributed by atoms with Crippen LogP contribution in [0.1, 0.15) is 0 Å². The Balaban J connectivity index is 1.05. The molecule has 0 saturated carbocycles. The van der Waals surface area contributed by atoms with Crippen molar-refractivity contribution in [2.75, 3.05) is 0 Å². The zero-order valence-electron chi connectivity index (χ0n) is 28.3. The zero-order chi connectivity index (χ0) is 36.2. The quantitative estimate of drug-likeness (QED) is 0.165. The summed E-state index contributed by atoms with van der Waals surface area (Å²) >= 11 is 0. The number of nitrogens with zero attached hydrogens (tertiary/aromatic N) is 7. The van der Waals surface area contributed by atoms with E-state index in [0.717, 1.165) is 71.9 Å². The molecule has 0 aliphatic carbocycles. The van der Waals surface area contributed by atoms with Crippen LogP contribution in [-0.4, -0.2) is 34.9 Å². The third-order valence-electron chi connectivity index (χ3n) is 9.63. The SMILES string of the molecule is Fc1cc(F)cc(-c2nc(-c3ccc(-c4ccnc5c4ccc4cccnc45)cc3)nc(-c3ccc(-c4ccnc5c4ccc4cccnc45)cc3)n2)c1. The number of pyridine rings is 4. The summed E-state index contributed by atoms with van der Waals surface area (Å²) < 4.78 is 28.9. The third kappa shape index (κ3) is 5.46. The molecule has 5 heterocycles. The van der Waals surface area contributed by atoms with Crippen molar-refractivity contribution in [2.24, 2.45) is 0 Å². The molecule has 0 aliphatic rings. The van der Waals surface area contributed by atoms with Crippen LogP contribution >= 0.6 is 0 Å². The topological polar surface area (TPSA) is 90.2 Å². The summed E-state index contributed by atoms with van der Waals surface area (Å²) in [4.78, 5) is 32.7. The fourth-order valence-corrected chi connectivity index (χ4v) is 7.06. The van der Waals surface area contributed by atoms with Gasteiger partial charge in [0, 0.05) is 69.1 Å². The minimum Gasteiger partial charge on any atom is -0.254 e. The van der Waals surface area contributed by atoms with Crippen LogP contribution in [0, 0.1) is 11.6 Å². The predicted molar refractivity (Wildman–Crippen MR) is 208 cm³/mol. The summed E-state index contributed by atoms with van der Waals surface area (Å²) in [7, 11) is 0. The Bertz CT molecular complexity index is 2880. The number of hydrogen-bond donors (Lipinski definition) is 0. The largest absolute Gasteiger partial charge is 0.254 e. The van der Waals surface area contributed by atoms with Crippen molar-refractivity contribution in [3.8, 4) is 56.4 Å². The number of benzene rings is 5. The van der Waals surface area contributed by atoms with Gasteiger partial charge in [0.15, 0.2) is 17.5 Å². The number of aromatic nitrogens is 7. The molecule has 10 rings (SSSR count). The molecular weight excluding hydrogens is 677 g/mol. The van der Waals surface area contributed by atoms with Gasteiger partial charge < -0.3 is 0 Å². The van der Waals surface area contributed by atoms with Crippen LogP contribution in [-0.2, 0) is 0 Å². The van der Waals surface area contributed by atoms with Crippen molar-refractivity contribution in [1.29, 1.82) is 0 Å². The van der Waals surface area contributed by atoms with Gasteiger partial charge in [-0.05, 0) is 58.7 Å². The Hall–Kier alpha value is -7.39. The van der Waals surface area contributed by atoms with E-state index in [2.05, 4.69) is 44.2 Å². The maximum absolute atomic E-state index is 14.4. The molecule has 0 fully saturated rings. The van der Waals surface area contributed by atoms with Gasteiger partial charge in [-0.1, -0.05) is 84.9 Å². The Labute approximate surface area is 306 Å². The van der Waals surface area contributed by atoms with Crippen molar-refractivity contribution in [3.63, 3.8) is 0 Å². The second kappa shape index (κ2) is 12.7. The number of halogens is 2. The molecule has 0 radical (unpaired) electrons. The fraction of sp³-hybridized carbons (Fsp3) is 0. The van der Waals surface area contributed by atoms with Crippen molar-refractivity contribution in [1.82, 2.24) is 34.9 Å². The number of hydrogen-bond acceptors (Lipinski definition) is 7. The van der Waals surface area contributed by atoms with E-state index in [4.69, 9.17) is 15.0 Å². The molecular formula is C45H25F2N7. The minimum absolute atomic E-state index is 0.153. The monoisotopic (exact) mass is 701 g/mol. The zero-order valence-corrected chi connectivity index (χ0v) is 28.3. The van der Waals surface area contributed by atoms with Gasteiger partial charge in [-0.3, -0.25) is 19.9 Å². The molecule has 0 amide bonds. The molecule has 0 atom stereocenters. The smallest absolute Gasteiger partial charge is 0.164 e. The van der Waals surface area contributed by atoms with E-state index in [0.29, 0.717) is 22.8 Å². The number of rotatable bonds is 5. The van der Waals surface area contributed by atoms with Crippen LogP contribution in [0.25, 0.3) is 100 Å². The van der Waals surface area contributed by atoms with Crippen LogP contribution in [0.4, 0.5) is 8.78 Å². The van der Waals surface area contributed by atoms with Gasteiger partial charge in [-0.15, -0.1) is 0 Å². The highest BCUT2D eigenvalue weighted by Crippen LogP contribution is 2.35. The van der Waals surface area contributed by atoms with E-state index in [1.165, 1.54) is 12.1 Å². The van der Waals surface area contributed by atoms with Gasteiger partial charge in [-0.25, -0.2) is 23.7 Å². The van der Waals surface area contributed by atoms with Gasteiger partial charge in [0.1, 0.15) is 11.6 Å². The maximum Gasteiger partial charge on any atom is 0.164 e. The van der Waals surface area contributed by atoms with E-state index < -0.39 is 11.6 Å². The van der Waals surface area contributed by atoms with Crippen LogP contribution < -0.4 is 0 Å². The van der Waals surface area contributed by atoms with Crippen LogP contribution in [0.3, 0.4) is 0 Å². The molecule has 0 N–H and O–H groups in total. The predicted octanol–water partition coefficient (Wildman–Crippen LogP) is 10.7. The first-order valence-electron chi connectivity index (χ1n) is 17.2. The molecule has 7 nitrogen and oxygen atoms in total. The van der Waals surface area contributed by atoms with E-state index in [9.17, 15) is 8.78 Å². The molecule has 5 aromatic carbocycles. The minimum atomic E-state index is -0.720. The second-order valence-corrected chi connectivity index (χ2v) is 12.9. The number of fused-ring (bicyclic) bond motifs is 6. The summed E-state index contributed by atoms with van der Waals surface area (Å²) in [6, 6.07) is 39.1. The summed E-state index contributed by atoms with van der Waals surface area (Å²) in [5, 5.41) is 4.03. The van der Waals surface area contributed by atoms with Gasteiger partial charge in [0.25, 0.3) is 0 Å². The molecule has 254 valence electrons. The van der Waals surface area contributed by atoms with Crippen molar-refractivity contribution in [3.05, 3.63) is 164 Å². The lowest BCUT2D eigenvalue weighted by Crippen LogP contribution is -2.01. The van der Waals surface area contributed by atoms with Gasteiger partial charge in [0.2, 0.25) is 0 Å². The summed E-state index contributed by atoms with van der Waals surface area (Å²) in [6.45, 7) is 0. The molecule has 54 heavy (non-hydrogen) atoms. The lowest BCUT2D eigenvalue weighted by Gasteiger charge is -2.11. The summed E-state index contributed by atoms with van der Waals surface area (Å²) in [6.07, 6.45) is 7.14. The Morgan fingerprint density at radius 2 is 0.741 bits per heavy atom. The molecule has 9 heteroatoms. The molecule has 0 aliphatic heterocycles. The van der Waals surface area contributed by atoms with Crippen molar-refractivity contribution < 1.29 is 8.78 Å².